The van der Waals surface area contributed by atoms with Gasteiger partial charge in [0.05, 0.1) is 17.9 Å². The first-order chi connectivity index (χ1) is 9.95. The number of nitrogens with one attached hydrogen (secondary N) is 1. The molecule has 5 heteroatoms. The Labute approximate surface area is 126 Å². The average molecular weight is 287 g/mol. The fourth-order valence-electron chi connectivity index (χ4n) is 2.98. The molecular formula is C16H25N5. The van der Waals surface area contributed by atoms with Crippen LogP contribution in [-0.4, -0.2) is 19.6 Å². The summed E-state index contributed by atoms with van der Waals surface area (Å²) in [6, 6.07) is 0.417. The Morgan fingerprint density at radius 1 is 1.29 bits per heavy atom. The summed E-state index contributed by atoms with van der Waals surface area (Å²) in [5, 5.41) is 12.5. The van der Waals surface area contributed by atoms with Gasteiger partial charge >= 0.3 is 0 Å². The molecule has 3 rings (SSSR count). The molecule has 0 bridgehead atoms. The van der Waals surface area contributed by atoms with Gasteiger partial charge in [0, 0.05) is 42.7 Å². The van der Waals surface area contributed by atoms with E-state index in [1.54, 1.807) is 0 Å². The molecule has 2 aromatic heterocycles. The molecule has 1 aliphatic rings. The van der Waals surface area contributed by atoms with Crippen molar-refractivity contribution in [3.05, 3.63) is 35.4 Å². The van der Waals surface area contributed by atoms with Crippen LogP contribution >= 0.6 is 0 Å². The molecule has 114 valence electrons. The second-order valence-corrected chi connectivity index (χ2v) is 6.96. The second-order valence-electron chi connectivity index (χ2n) is 6.96. The molecule has 0 aromatic carbocycles. The third-order valence-corrected chi connectivity index (χ3v) is 4.25. The van der Waals surface area contributed by atoms with Gasteiger partial charge < -0.3 is 5.32 Å². The van der Waals surface area contributed by atoms with Crippen LogP contribution in [0, 0.1) is 0 Å². The van der Waals surface area contributed by atoms with Crippen molar-refractivity contribution in [2.45, 2.75) is 58.2 Å². The first-order valence-corrected chi connectivity index (χ1v) is 7.73. The Morgan fingerprint density at radius 3 is 2.81 bits per heavy atom. The quantitative estimate of drug-likeness (QED) is 0.943. The zero-order valence-electron chi connectivity index (χ0n) is 13.4. The summed E-state index contributed by atoms with van der Waals surface area (Å²) in [5.74, 6) is 0. The van der Waals surface area contributed by atoms with Crippen molar-refractivity contribution in [2.24, 2.45) is 7.05 Å². The zero-order chi connectivity index (χ0) is 15.0. The Kier molecular flexibility index (Phi) is 3.61. The van der Waals surface area contributed by atoms with Gasteiger partial charge in [-0.2, -0.15) is 10.2 Å². The van der Waals surface area contributed by atoms with Crippen molar-refractivity contribution >= 4 is 0 Å². The minimum atomic E-state index is 0.0413. The van der Waals surface area contributed by atoms with E-state index < -0.39 is 0 Å². The first-order valence-electron chi connectivity index (χ1n) is 7.73. The number of aryl methyl sites for hydroxylation is 1. The average Bonchev–Trinajstić information content (AvgIpc) is 3.04. The minimum absolute atomic E-state index is 0.0413. The molecule has 0 amide bonds. The van der Waals surface area contributed by atoms with E-state index in [0.29, 0.717) is 6.04 Å². The molecule has 5 nitrogen and oxygen atoms in total. The van der Waals surface area contributed by atoms with E-state index in [4.69, 9.17) is 0 Å². The Balaban J connectivity index is 1.67. The lowest BCUT2D eigenvalue weighted by molar-refractivity contribution is 0.355. The van der Waals surface area contributed by atoms with Gasteiger partial charge in [0.15, 0.2) is 0 Å². The van der Waals surface area contributed by atoms with Crippen molar-refractivity contribution in [1.82, 2.24) is 24.9 Å². The molecule has 0 aliphatic heterocycles. The summed E-state index contributed by atoms with van der Waals surface area (Å²) in [4.78, 5) is 0. The second kappa shape index (κ2) is 5.30. The highest BCUT2D eigenvalue weighted by Crippen LogP contribution is 2.29. The SMILES string of the molecule is Cn1ncc2c1CCC[C@@H]2NCc1cnn(C(C)(C)C)c1. The van der Waals surface area contributed by atoms with Crippen LogP contribution in [0.4, 0.5) is 0 Å². The molecule has 2 heterocycles. The fraction of sp³-hybridized carbons (Fsp3) is 0.625. The molecule has 1 atom stereocenters. The van der Waals surface area contributed by atoms with E-state index in [1.807, 2.05) is 28.8 Å². The maximum Gasteiger partial charge on any atom is 0.0543 e. The van der Waals surface area contributed by atoms with Crippen LogP contribution < -0.4 is 5.32 Å². The van der Waals surface area contributed by atoms with Gasteiger partial charge in [-0.1, -0.05) is 0 Å². The van der Waals surface area contributed by atoms with Crippen LogP contribution in [0.2, 0.25) is 0 Å². The smallest absolute Gasteiger partial charge is 0.0543 e. The Bertz CT molecular complexity index is 617. The van der Waals surface area contributed by atoms with Gasteiger partial charge in [0.2, 0.25) is 0 Å². The van der Waals surface area contributed by atoms with Crippen LogP contribution in [0.15, 0.2) is 18.6 Å². The number of fused-ring (bicyclic) bond motifs is 1. The van der Waals surface area contributed by atoms with E-state index in [-0.39, 0.29) is 5.54 Å². The molecule has 21 heavy (non-hydrogen) atoms. The predicted octanol–water partition coefficient (Wildman–Crippen LogP) is 2.54. The van der Waals surface area contributed by atoms with Gasteiger partial charge in [-0.3, -0.25) is 9.36 Å². The molecule has 2 aromatic rings. The lowest BCUT2D eigenvalue weighted by Crippen LogP contribution is -2.25. The maximum absolute atomic E-state index is 4.46. The molecule has 0 fully saturated rings. The first kappa shape index (κ1) is 14.3. The number of aromatic nitrogens is 4. The van der Waals surface area contributed by atoms with Crippen LogP contribution in [-0.2, 0) is 25.6 Å². The van der Waals surface area contributed by atoms with E-state index in [1.165, 1.54) is 29.7 Å². The van der Waals surface area contributed by atoms with Gasteiger partial charge in [-0.25, -0.2) is 0 Å². The van der Waals surface area contributed by atoms with E-state index >= 15 is 0 Å². The molecular weight excluding hydrogens is 262 g/mol. The number of rotatable bonds is 3. The lowest BCUT2D eigenvalue weighted by atomic mass is 9.93. The maximum atomic E-state index is 4.46. The summed E-state index contributed by atoms with van der Waals surface area (Å²) < 4.78 is 4.04. The van der Waals surface area contributed by atoms with Crippen LogP contribution in [0.5, 0.6) is 0 Å². The molecule has 0 saturated carbocycles. The van der Waals surface area contributed by atoms with E-state index in [2.05, 4.69) is 42.5 Å². The molecule has 0 saturated heterocycles. The normalized spacial score (nSPS) is 18.8. The van der Waals surface area contributed by atoms with Crippen LogP contribution in [0.25, 0.3) is 0 Å². The summed E-state index contributed by atoms with van der Waals surface area (Å²) in [5.41, 5.74) is 4.02. The third kappa shape index (κ3) is 2.88. The van der Waals surface area contributed by atoms with Crippen molar-refractivity contribution < 1.29 is 0 Å². The molecule has 1 aliphatic carbocycles. The van der Waals surface area contributed by atoms with Crippen molar-refractivity contribution in [3.8, 4) is 0 Å². The molecule has 0 unspecified atom stereocenters. The fourth-order valence-corrected chi connectivity index (χ4v) is 2.98. The lowest BCUT2D eigenvalue weighted by Gasteiger charge is -2.23. The monoisotopic (exact) mass is 287 g/mol. The van der Waals surface area contributed by atoms with Crippen LogP contribution in [0.1, 0.15) is 56.5 Å². The highest BCUT2D eigenvalue weighted by atomic mass is 15.3. The highest BCUT2D eigenvalue weighted by Gasteiger charge is 2.23. The zero-order valence-corrected chi connectivity index (χ0v) is 13.4. The summed E-state index contributed by atoms with van der Waals surface area (Å²) in [6.07, 6.45) is 9.68. The van der Waals surface area contributed by atoms with Crippen molar-refractivity contribution in [1.29, 1.82) is 0 Å². The molecule has 0 spiro atoms. The number of hydrogen-bond donors (Lipinski definition) is 1. The van der Waals surface area contributed by atoms with Gasteiger partial charge in [0.25, 0.3) is 0 Å². The highest BCUT2D eigenvalue weighted by molar-refractivity contribution is 5.25. The summed E-state index contributed by atoms with van der Waals surface area (Å²) in [6.45, 7) is 7.36. The molecule has 0 radical (unpaired) electrons. The largest absolute Gasteiger partial charge is 0.306 e. The minimum Gasteiger partial charge on any atom is -0.306 e. The standard InChI is InChI=1S/C16H25N5/c1-16(2,3)21-11-12(9-19-21)8-17-14-6-5-7-15-13(14)10-18-20(15)4/h9-11,14,17H,5-8H2,1-4H3/t14-/m0/s1. The van der Waals surface area contributed by atoms with E-state index in [0.717, 1.165) is 13.0 Å². The van der Waals surface area contributed by atoms with Gasteiger partial charge in [0.1, 0.15) is 0 Å². The number of nitrogens with zero attached hydrogens (tertiary/aromatic N) is 4. The molecule has 1 N–H and O–H groups in total. The number of hydrogen-bond acceptors (Lipinski definition) is 3. The van der Waals surface area contributed by atoms with E-state index in [9.17, 15) is 0 Å². The van der Waals surface area contributed by atoms with Gasteiger partial charge in [-0.15, -0.1) is 0 Å². The Morgan fingerprint density at radius 2 is 2.10 bits per heavy atom. The predicted molar refractivity (Wildman–Crippen MR) is 82.9 cm³/mol. The third-order valence-electron chi connectivity index (χ3n) is 4.25. The van der Waals surface area contributed by atoms with Crippen molar-refractivity contribution in [2.75, 3.05) is 0 Å². The summed E-state index contributed by atoms with van der Waals surface area (Å²) in [7, 11) is 2.04. The topological polar surface area (TPSA) is 47.7 Å². The van der Waals surface area contributed by atoms with Crippen LogP contribution in [0.3, 0.4) is 0 Å². The van der Waals surface area contributed by atoms with Crippen molar-refractivity contribution in [3.63, 3.8) is 0 Å². The van der Waals surface area contributed by atoms with Gasteiger partial charge in [-0.05, 0) is 40.0 Å². The Hall–Kier alpha value is -1.62. The summed E-state index contributed by atoms with van der Waals surface area (Å²) >= 11 is 0.